The highest BCUT2D eigenvalue weighted by molar-refractivity contribution is 6.30. The van der Waals surface area contributed by atoms with Crippen molar-refractivity contribution in [3.05, 3.63) is 64.2 Å². The highest BCUT2D eigenvalue weighted by Crippen LogP contribution is 2.23. The van der Waals surface area contributed by atoms with E-state index >= 15 is 0 Å². The lowest BCUT2D eigenvalue weighted by atomic mass is 10.0. The number of hydrogen-bond acceptors (Lipinski definition) is 2. The Morgan fingerprint density at radius 3 is 2.54 bits per heavy atom. The number of rotatable bonds is 7. The number of hydrogen-bond donors (Lipinski definition) is 2. The second-order valence-electron chi connectivity index (χ2n) is 6.64. The zero-order valence-electron chi connectivity index (χ0n) is 14.7. The fourth-order valence-electron chi connectivity index (χ4n) is 3.22. The average molecular weight is 371 g/mol. The normalized spacial score (nSPS) is 12.5. The maximum absolute atomic E-state index is 12.1. The Labute approximate surface area is 158 Å². The number of carbonyl (C=O) groups is 2. The summed E-state index contributed by atoms with van der Waals surface area (Å²) in [7, 11) is 0. The third-order valence-corrected chi connectivity index (χ3v) is 4.81. The van der Waals surface area contributed by atoms with Gasteiger partial charge in [-0.1, -0.05) is 29.8 Å². The van der Waals surface area contributed by atoms with Gasteiger partial charge in [0.15, 0.2) is 0 Å². The van der Waals surface area contributed by atoms with Gasteiger partial charge in [-0.25, -0.2) is 0 Å². The molecule has 1 aliphatic rings. The van der Waals surface area contributed by atoms with Crippen LogP contribution < -0.4 is 10.6 Å². The minimum atomic E-state index is -0.0693. The molecule has 2 N–H and O–H groups in total. The van der Waals surface area contributed by atoms with Gasteiger partial charge >= 0.3 is 0 Å². The predicted molar refractivity (Wildman–Crippen MR) is 104 cm³/mol. The average Bonchev–Trinajstić information content (AvgIpc) is 3.08. The van der Waals surface area contributed by atoms with Crippen molar-refractivity contribution in [1.29, 1.82) is 0 Å². The fraction of sp³-hybridized carbons (Fsp3) is 0.333. The first kappa shape index (κ1) is 18.5. The molecule has 4 nitrogen and oxygen atoms in total. The number of benzene rings is 2. The van der Waals surface area contributed by atoms with E-state index in [0.29, 0.717) is 30.8 Å². The van der Waals surface area contributed by atoms with Gasteiger partial charge < -0.3 is 10.6 Å². The molecule has 0 heterocycles. The third kappa shape index (κ3) is 5.33. The summed E-state index contributed by atoms with van der Waals surface area (Å²) in [5.74, 6) is -0.0683. The molecule has 5 heteroatoms. The lowest BCUT2D eigenvalue weighted by Crippen LogP contribution is -2.27. The van der Waals surface area contributed by atoms with Crippen LogP contribution >= 0.6 is 11.6 Å². The highest BCUT2D eigenvalue weighted by atomic mass is 35.5. The Morgan fingerprint density at radius 1 is 0.962 bits per heavy atom. The summed E-state index contributed by atoms with van der Waals surface area (Å²) in [5, 5.41) is 6.33. The van der Waals surface area contributed by atoms with Gasteiger partial charge in [-0.3, -0.25) is 9.59 Å². The lowest BCUT2D eigenvalue weighted by Gasteiger charge is -2.08. The molecule has 0 aliphatic heterocycles. The van der Waals surface area contributed by atoms with E-state index in [9.17, 15) is 9.59 Å². The topological polar surface area (TPSA) is 58.2 Å². The Balaban J connectivity index is 1.34. The van der Waals surface area contributed by atoms with Crippen molar-refractivity contribution in [3.8, 4) is 0 Å². The maximum atomic E-state index is 12.1. The highest BCUT2D eigenvalue weighted by Gasteiger charge is 2.12. The van der Waals surface area contributed by atoms with E-state index in [4.69, 9.17) is 11.6 Å². The fourth-order valence-corrected chi connectivity index (χ4v) is 3.34. The van der Waals surface area contributed by atoms with Crippen molar-refractivity contribution < 1.29 is 9.59 Å². The molecule has 0 aromatic heterocycles. The first-order valence-corrected chi connectivity index (χ1v) is 9.41. The molecule has 2 amide bonds. The molecular formula is C21H23ClN2O2. The molecule has 0 unspecified atom stereocenters. The summed E-state index contributed by atoms with van der Waals surface area (Å²) in [4.78, 5) is 23.9. The summed E-state index contributed by atoms with van der Waals surface area (Å²) in [6.07, 6.45) is 4.85. The zero-order valence-corrected chi connectivity index (χ0v) is 15.4. The molecular weight excluding hydrogens is 348 g/mol. The van der Waals surface area contributed by atoms with Crippen LogP contribution in [0.4, 0.5) is 5.69 Å². The maximum Gasteiger partial charge on any atom is 0.224 e. The van der Waals surface area contributed by atoms with E-state index < -0.39 is 0 Å². The third-order valence-electron chi connectivity index (χ3n) is 4.56. The van der Waals surface area contributed by atoms with E-state index in [-0.39, 0.29) is 11.8 Å². The van der Waals surface area contributed by atoms with Crippen LogP contribution in [0.25, 0.3) is 0 Å². The van der Waals surface area contributed by atoms with Crippen molar-refractivity contribution in [2.45, 2.75) is 38.5 Å². The SMILES string of the molecule is O=C(Cc1ccc2c(c1)CCC2)NCCCC(=O)Nc1ccc(Cl)cc1. The largest absolute Gasteiger partial charge is 0.356 e. The molecule has 0 saturated heterocycles. The second kappa shape index (κ2) is 8.86. The molecule has 3 rings (SSSR count). The van der Waals surface area contributed by atoms with Gasteiger partial charge in [0.2, 0.25) is 11.8 Å². The quantitative estimate of drug-likeness (QED) is 0.726. The molecule has 136 valence electrons. The van der Waals surface area contributed by atoms with Crippen molar-refractivity contribution in [3.63, 3.8) is 0 Å². The van der Waals surface area contributed by atoms with Crippen LogP contribution in [0.15, 0.2) is 42.5 Å². The number of halogens is 1. The lowest BCUT2D eigenvalue weighted by molar-refractivity contribution is -0.121. The van der Waals surface area contributed by atoms with Crippen LogP contribution in [0.3, 0.4) is 0 Å². The van der Waals surface area contributed by atoms with Crippen LogP contribution in [-0.2, 0) is 28.9 Å². The van der Waals surface area contributed by atoms with Crippen molar-refractivity contribution in [1.82, 2.24) is 5.32 Å². The predicted octanol–water partition coefficient (Wildman–Crippen LogP) is 3.91. The van der Waals surface area contributed by atoms with Gasteiger partial charge in [-0.2, -0.15) is 0 Å². The van der Waals surface area contributed by atoms with E-state index in [0.717, 1.165) is 24.1 Å². The molecule has 0 spiro atoms. The van der Waals surface area contributed by atoms with Crippen LogP contribution in [0.5, 0.6) is 0 Å². The summed E-state index contributed by atoms with van der Waals surface area (Å²) < 4.78 is 0. The van der Waals surface area contributed by atoms with E-state index in [1.54, 1.807) is 24.3 Å². The number of fused-ring (bicyclic) bond motifs is 1. The molecule has 0 atom stereocenters. The molecule has 0 saturated carbocycles. The first-order valence-electron chi connectivity index (χ1n) is 9.03. The van der Waals surface area contributed by atoms with Crippen LogP contribution in [-0.4, -0.2) is 18.4 Å². The summed E-state index contributed by atoms with van der Waals surface area (Å²) in [6, 6.07) is 13.3. The summed E-state index contributed by atoms with van der Waals surface area (Å²) in [5.41, 5.74) is 4.58. The van der Waals surface area contributed by atoms with E-state index in [1.165, 1.54) is 17.5 Å². The van der Waals surface area contributed by atoms with E-state index in [2.05, 4.69) is 22.8 Å². The monoisotopic (exact) mass is 370 g/mol. The number of carbonyl (C=O) groups excluding carboxylic acids is 2. The van der Waals surface area contributed by atoms with Gasteiger partial charge in [0.05, 0.1) is 6.42 Å². The van der Waals surface area contributed by atoms with Crippen LogP contribution in [0, 0.1) is 0 Å². The molecule has 0 radical (unpaired) electrons. The van der Waals surface area contributed by atoms with Crippen LogP contribution in [0.1, 0.15) is 36.0 Å². The van der Waals surface area contributed by atoms with Crippen molar-refractivity contribution >= 4 is 29.1 Å². The summed E-state index contributed by atoms with van der Waals surface area (Å²) in [6.45, 7) is 0.498. The second-order valence-corrected chi connectivity index (χ2v) is 7.08. The molecule has 0 fully saturated rings. The number of amides is 2. The minimum absolute atomic E-state index is 0.000978. The van der Waals surface area contributed by atoms with Gasteiger partial charge in [0.1, 0.15) is 0 Å². The molecule has 1 aliphatic carbocycles. The molecule has 2 aromatic rings. The van der Waals surface area contributed by atoms with Crippen LogP contribution in [0.2, 0.25) is 5.02 Å². The Kier molecular flexibility index (Phi) is 6.29. The van der Waals surface area contributed by atoms with Crippen molar-refractivity contribution in [2.24, 2.45) is 0 Å². The Hall–Kier alpha value is -2.33. The van der Waals surface area contributed by atoms with Gasteiger partial charge in [-0.15, -0.1) is 0 Å². The number of aryl methyl sites for hydroxylation is 2. The van der Waals surface area contributed by atoms with E-state index in [1.807, 2.05) is 6.07 Å². The van der Waals surface area contributed by atoms with Gasteiger partial charge in [-0.05, 0) is 66.6 Å². The summed E-state index contributed by atoms with van der Waals surface area (Å²) >= 11 is 5.81. The smallest absolute Gasteiger partial charge is 0.224 e. The Bertz CT molecular complexity index is 787. The molecule has 26 heavy (non-hydrogen) atoms. The number of nitrogens with one attached hydrogen (secondary N) is 2. The van der Waals surface area contributed by atoms with Crippen molar-refractivity contribution in [2.75, 3.05) is 11.9 Å². The Morgan fingerprint density at radius 2 is 1.73 bits per heavy atom. The molecule has 2 aromatic carbocycles. The molecule has 0 bridgehead atoms. The van der Waals surface area contributed by atoms with Gasteiger partial charge in [0, 0.05) is 23.7 Å². The number of anilines is 1. The zero-order chi connectivity index (χ0) is 18.4. The minimum Gasteiger partial charge on any atom is -0.356 e. The first-order chi connectivity index (χ1) is 12.6. The standard InChI is InChI=1S/C21H23ClN2O2/c22-18-8-10-19(11-9-18)24-20(25)5-2-12-23-21(26)14-15-6-7-16-3-1-4-17(16)13-15/h6-11,13H,1-5,12,14H2,(H,23,26)(H,24,25). The van der Waals surface area contributed by atoms with Gasteiger partial charge in [0.25, 0.3) is 0 Å².